The van der Waals surface area contributed by atoms with Crippen molar-refractivity contribution in [1.82, 2.24) is 15.5 Å². The summed E-state index contributed by atoms with van der Waals surface area (Å²) < 4.78 is 5.42. The molecule has 2 rings (SSSR count). The number of alkyl carbamates (subject to hydrolysis) is 1. The molecule has 190 valence electrons. The first-order chi connectivity index (χ1) is 15.9. The number of nitrogens with one attached hydrogen (secondary N) is 2. The molecule has 4 unspecified atom stereocenters. The van der Waals surface area contributed by atoms with Crippen LogP contribution < -0.4 is 10.6 Å². The molecule has 4 atom stereocenters. The molecule has 1 aromatic carbocycles. The summed E-state index contributed by atoms with van der Waals surface area (Å²) >= 11 is 0. The Morgan fingerprint density at radius 1 is 1.15 bits per heavy atom. The van der Waals surface area contributed by atoms with Crippen LogP contribution in [0.25, 0.3) is 0 Å². The predicted molar refractivity (Wildman–Crippen MR) is 134 cm³/mol. The van der Waals surface area contributed by atoms with Gasteiger partial charge >= 0.3 is 6.09 Å². The van der Waals surface area contributed by atoms with Crippen molar-refractivity contribution < 1.29 is 19.1 Å². The molecule has 7 nitrogen and oxygen atoms in total. The molecule has 0 heterocycles. The molecule has 1 aromatic rings. The maximum Gasteiger partial charge on any atom is 0.408 e. The maximum atomic E-state index is 14.0. The number of nitrogens with zero attached hydrogens (tertiary/aromatic N) is 1. The third-order valence-corrected chi connectivity index (χ3v) is 6.03. The number of rotatable bonds is 10. The van der Waals surface area contributed by atoms with Gasteiger partial charge in [-0.2, -0.15) is 0 Å². The van der Waals surface area contributed by atoms with Crippen LogP contribution in [0.5, 0.6) is 0 Å². The Kier molecular flexibility index (Phi) is 9.54. The fourth-order valence-electron chi connectivity index (χ4n) is 3.95. The van der Waals surface area contributed by atoms with Crippen LogP contribution in [0.1, 0.15) is 84.9 Å². The third-order valence-electron chi connectivity index (χ3n) is 6.03. The van der Waals surface area contributed by atoms with Gasteiger partial charge in [-0.15, -0.1) is 0 Å². The van der Waals surface area contributed by atoms with Crippen molar-refractivity contribution in [2.45, 2.75) is 98.4 Å². The van der Waals surface area contributed by atoms with E-state index < -0.39 is 23.8 Å². The molecule has 0 saturated heterocycles. The summed E-state index contributed by atoms with van der Waals surface area (Å²) in [7, 11) is 0. The molecule has 0 radical (unpaired) electrons. The van der Waals surface area contributed by atoms with Gasteiger partial charge in [-0.05, 0) is 57.9 Å². The first-order valence-electron chi connectivity index (χ1n) is 12.5. The van der Waals surface area contributed by atoms with Gasteiger partial charge < -0.3 is 20.3 Å². The summed E-state index contributed by atoms with van der Waals surface area (Å²) in [6.45, 7) is 15.8. The number of hydrogen-bond acceptors (Lipinski definition) is 4. The number of ether oxygens (including phenoxy) is 1. The number of hydrogen-bond donors (Lipinski definition) is 2. The summed E-state index contributed by atoms with van der Waals surface area (Å²) in [6, 6.07) is 6.12. The predicted octanol–water partition coefficient (Wildman–Crippen LogP) is 4.74. The second-order valence-corrected chi connectivity index (χ2v) is 10.9. The highest BCUT2D eigenvalue weighted by Crippen LogP contribution is 2.41. The van der Waals surface area contributed by atoms with Crippen LogP contribution in [0.4, 0.5) is 4.79 Å². The molecular formula is C27H43N3O4. The first-order valence-corrected chi connectivity index (χ1v) is 12.5. The Morgan fingerprint density at radius 3 is 2.21 bits per heavy atom. The highest BCUT2D eigenvalue weighted by molar-refractivity contribution is 5.92. The number of aryl methyl sites for hydroxylation is 1. The van der Waals surface area contributed by atoms with Crippen LogP contribution in [0.2, 0.25) is 0 Å². The molecule has 1 fully saturated rings. The van der Waals surface area contributed by atoms with E-state index in [0.717, 1.165) is 30.4 Å². The molecule has 0 aliphatic heterocycles. The van der Waals surface area contributed by atoms with Crippen LogP contribution in [-0.4, -0.2) is 47.0 Å². The molecule has 0 bridgehead atoms. The van der Waals surface area contributed by atoms with Crippen LogP contribution >= 0.6 is 0 Å². The van der Waals surface area contributed by atoms with Gasteiger partial charge in [0, 0.05) is 12.6 Å². The minimum absolute atomic E-state index is 0.0579. The van der Waals surface area contributed by atoms with E-state index in [1.807, 2.05) is 45.0 Å². The van der Waals surface area contributed by atoms with E-state index in [1.54, 1.807) is 25.7 Å². The van der Waals surface area contributed by atoms with Crippen molar-refractivity contribution in [2.75, 3.05) is 6.54 Å². The first kappa shape index (κ1) is 27.7. The summed E-state index contributed by atoms with van der Waals surface area (Å²) in [5.41, 5.74) is 1.17. The number of unbranched alkanes of at least 4 members (excludes halogenated alkanes) is 1. The number of carbonyl (C=O) groups is 3. The lowest BCUT2D eigenvalue weighted by Gasteiger charge is -2.36. The SMILES string of the molecule is CCCCNC(=O)C(c1ccc(C)cc1)N(C(=O)C(NC(=O)OC(C)(C)C)C(C)C)C1CC1C. The van der Waals surface area contributed by atoms with Gasteiger partial charge in [0.15, 0.2) is 0 Å². The molecule has 7 heteroatoms. The number of carbonyl (C=O) groups excluding carboxylic acids is 3. The Labute approximate surface area is 205 Å². The van der Waals surface area contributed by atoms with Gasteiger partial charge in [-0.1, -0.05) is 63.9 Å². The van der Waals surface area contributed by atoms with E-state index in [2.05, 4.69) is 24.5 Å². The van der Waals surface area contributed by atoms with Crippen LogP contribution in [0.15, 0.2) is 24.3 Å². The third kappa shape index (κ3) is 7.74. The average Bonchev–Trinajstić information content (AvgIpc) is 3.45. The van der Waals surface area contributed by atoms with Crippen molar-refractivity contribution in [3.8, 4) is 0 Å². The summed E-state index contributed by atoms with van der Waals surface area (Å²) in [4.78, 5) is 41.7. The summed E-state index contributed by atoms with van der Waals surface area (Å²) in [6.07, 6.45) is 2.03. The van der Waals surface area contributed by atoms with Crippen molar-refractivity contribution in [2.24, 2.45) is 11.8 Å². The van der Waals surface area contributed by atoms with Gasteiger partial charge in [-0.3, -0.25) is 9.59 Å². The van der Waals surface area contributed by atoms with Gasteiger partial charge in [0.2, 0.25) is 11.8 Å². The van der Waals surface area contributed by atoms with E-state index in [9.17, 15) is 14.4 Å². The molecular weight excluding hydrogens is 430 g/mol. The molecule has 1 aliphatic carbocycles. The highest BCUT2D eigenvalue weighted by atomic mass is 16.6. The second kappa shape index (κ2) is 11.7. The molecule has 34 heavy (non-hydrogen) atoms. The van der Waals surface area contributed by atoms with E-state index in [-0.39, 0.29) is 29.7 Å². The quantitative estimate of drug-likeness (QED) is 0.481. The maximum absolute atomic E-state index is 14.0. The van der Waals surface area contributed by atoms with Crippen molar-refractivity contribution in [3.05, 3.63) is 35.4 Å². The Bertz CT molecular complexity index is 844. The van der Waals surface area contributed by atoms with Gasteiger partial charge in [0.25, 0.3) is 0 Å². The lowest BCUT2D eigenvalue weighted by molar-refractivity contribution is -0.144. The largest absolute Gasteiger partial charge is 0.444 e. The molecule has 1 aliphatic rings. The molecule has 0 aromatic heterocycles. The zero-order valence-corrected chi connectivity index (χ0v) is 22.1. The van der Waals surface area contributed by atoms with E-state index in [1.165, 1.54) is 0 Å². The van der Waals surface area contributed by atoms with Gasteiger partial charge in [-0.25, -0.2) is 4.79 Å². The minimum atomic E-state index is -0.806. The van der Waals surface area contributed by atoms with Crippen LogP contribution in [0, 0.1) is 18.8 Å². The summed E-state index contributed by atoms with van der Waals surface area (Å²) in [5.74, 6) is -0.343. The Hall–Kier alpha value is -2.57. The standard InChI is InChI=1S/C27H43N3O4/c1-9-10-15-28-24(31)23(20-13-11-18(4)12-14-20)30(21-16-19(21)5)25(32)22(17(2)3)29-26(33)34-27(6,7)8/h11-14,17,19,21-23H,9-10,15-16H2,1-8H3,(H,28,31)(H,29,33). The van der Waals surface area contributed by atoms with Gasteiger partial charge in [0.1, 0.15) is 17.7 Å². The van der Waals surface area contributed by atoms with Crippen molar-refractivity contribution in [1.29, 1.82) is 0 Å². The molecule has 1 saturated carbocycles. The topological polar surface area (TPSA) is 87.7 Å². The Balaban J connectivity index is 2.42. The second-order valence-electron chi connectivity index (χ2n) is 10.9. The smallest absolute Gasteiger partial charge is 0.408 e. The molecule has 2 N–H and O–H groups in total. The monoisotopic (exact) mass is 473 g/mol. The lowest BCUT2D eigenvalue weighted by atomic mass is 9.98. The average molecular weight is 474 g/mol. The Morgan fingerprint density at radius 2 is 1.74 bits per heavy atom. The van der Waals surface area contributed by atoms with Crippen LogP contribution in [0.3, 0.4) is 0 Å². The molecule has 0 spiro atoms. The van der Waals surface area contributed by atoms with Gasteiger partial charge in [0.05, 0.1) is 0 Å². The normalized spacial score (nSPS) is 19.2. The number of benzene rings is 1. The van der Waals surface area contributed by atoms with Crippen molar-refractivity contribution in [3.63, 3.8) is 0 Å². The summed E-state index contributed by atoms with van der Waals surface area (Å²) in [5, 5.41) is 5.80. The zero-order valence-electron chi connectivity index (χ0n) is 22.1. The van der Waals surface area contributed by atoms with Crippen LogP contribution in [-0.2, 0) is 14.3 Å². The fourth-order valence-corrected chi connectivity index (χ4v) is 3.95. The minimum Gasteiger partial charge on any atom is -0.444 e. The van der Waals surface area contributed by atoms with Crippen molar-refractivity contribution >= 4 is 17.9 Å². The zero-order chi connectivity index (χ0) is 25.6. The lowest BCUT2D eigenvalue weighted by Crippen LogP contribution is -2.55. The van der Waals surface area contributed by atoms with E-state index in [4.69, 9.17) is 4.74 Å². The highest BCUT2D eigenvalue weighted by Gasteiger charge is 2.48. The fraction of sp³-hybridized carbons (Fsp3) is 0.667. The van der Waals surface area contributed by atoms with E-state index >= 15 is 0 Å². The number of amides is 3. The van der Waals surface area contributed by atoms with E-state index in [0.29, 0.717) is 6.54 Å². The molecule has 3 amide bonds.